The van der Waals surface area contributed by atoms with Gasteiger partial charge in [-0.25, -0.2) is 15.0 Å². The van der Waals surface area contributed by atoms with Gasteiger partial charge in [0.25, 0.3) is 0 Å². The zero-order chi connectivity index (χ0) is 16.4. The maximum atomic E-state index is 5.81. The average molecular weight is 327 g/mol. The van der Waals surface area contributed by atoms with Crippen molar-refractivity contribution in [2.24, 2.45) is 0 Å². The second kappa shape index (κ2) is 6.52. The second-order valence-electron chi connectivity index (χ2n) is 6.18. The Hall–Kier alpha value is -2.55. The molecule has 1 saturated heterocycles. The lowest BCUT2D eigenvalue weighted by Crippen LogP contribution is -2.32. The predicted molar refractivity (Wildman–Crippen MR) is 89.2 cm³/mol. The summed E-state index contributed by atoms with van der Waals surface area (Å²) in [6.07, 6.45) is 9.12. The van der Waals surface area contributed by atoms with Crippen LogP contribution in [0, 0.1) is 0 Å². The summed E-state index contributed by atoms with van der Waals surface area (Å²) in [6, 6.07) is 0. The number of piperidine rings is 1. The number of rotatable bonds is 5. The predicted octanol–water partition coefficient (Wildman–Crippen LogP) is 0.534. The maximum Gasteiger partial charge on any atom is 0.165 e. The van der Waals surface area contributed by atoms with Crippen molar-refractivity contribution >= 4 is 17.0 Å². The topological polar surface area (TPSA) is 104 Å². The maximum absolute atomic E-state index is 5.81. The Kier molecular flexibility index (Phi) is 4.08. The zero-order valence-electron chi connectivity index (χ0n) is 13.5. The van der Waals surface area contributed by atoms with E-state index < -0.39 is 0 Å². The number of nitrogens with zero attached hydrogens (tertiary/aromatic N) is 8. The Balaban J connectivity index is 1.42. The summed E-state index contributed by atoms with van der Waals surface area (Å²) >= 11 is 0. The summed E-state index contributed by atoms with van der Waals surface area (Å²) in [5.74, 6) is 0.393. The van der Waals surface area contributed by atoms with Crippen LogP contribution in [-0.2, 0) is 13.1 Å². The van der Waals surface area contributed by atoms with E-state index in [1.54, 1.807) is 6.33 Å². The Morgan fingerprint density at radius 2 is 1.92 bits per heavy atom. The number of hydrogen-bond donors (Lipinski definition) is 1. The molecule has 126 valence electrons. The van der Waals surface area contributed by atoms with Crippen LogP contribution < -0.4 is 5.73 Å². The number of aromatic nitrogens is 7. The third-order valence-electron chi connectivity index (χ3n) is 4.44. The van der Waals surface area contributed by atoms with Gasteiger partial charge in [-0.05, 0) is 25.9 Å². The van der Waals surface area contributed by atoms with Crippen molar-refractivity contribution in [1.82, 2.24) is 39.4 Å². The van der Waals surface area contributed by atoms with Crippen LogP contribution in [0.5, 0.6) is 0 Å². The van der Waals surface area contributed by atoms with Gasteiger partial charge < -0.3 is 15.2 Å². The third-order valence-corrected chi connectivity index (χ3v) is 4.44. The quantitative estimate of drug-likeness (QED) is 0.729. The van der Waals surface area contributed by atoms with Gasteiger partial charge in [0.2, 0.25) is 0 Å². The van der Waals surface area contributed by atoms with Crippen molar-refractivity contribution in [3.05, 3.63) is 24.5 Å². The van der Waals surface area contributed by atoms with Crippen LogP contribution >= 0.6 is 0 Å². The summed E-state index contributed by atoms with van der Waals surface area (Å²) in [7, 11) is 0. The highest BCUT2D eigenvalue weighted by Gasteiger charge is 2.12. The van der Waals surface area contributed by atoms with E-state index in [1.165, 1.54) is 38.7 Å². The SMILES string of the molecule is Nc1ncnc2c1ncn2Cc1cn(CCN2CCCCC2)nn1. The van der Waals surface area contributed by atoms with Gasteiger partial charge in [0, 0.05) is 6.54 Å². The molecule has 3 aromatic heterocycles. The lowest BCUT2D eigenvalue weighted by atomic mass is 10.1. The molecule has 1 aliphatic heterocycles. The van der Waals surface area contributed by atoms with Gasteiger partial charge >= 0.3 is 0 Å². The fraction of sp³-hybridized carbons (Fsp3) is 0.533. The minimum atomic E-state index is 0.393. The number of fused-ring (bicyclic) bond motifs is 1. The van der Waals surface area contributed by atoms with E-state index in [2.05, 4.69) is 30.2 Å². The molecular formula is C15H21N9. The molecule has 9 heteroatoms. The summed E-state index contributed by atoms with van der Waals surface area (Å²) in [5, 5.41) is 8.48. The molecular weight excluding hydrogens is 306 g/mol. The minimum Gasteiger partial charge on any atom is -0.382 e. The van der Waals surface area contributed by atoms with E-state index in [-0.39, 0.29) is 0 Å². The van der Waals surface area contributed by atoms with Crippen molar-refractivity contribution < 1.29 is 0 Å². The fourth-order valence-electron chi connectivity index (χ4n) is 3.14. The molecule has 4 heterocycles. The molecule has 0 atom stereocenters. The number of imidazole rings is 1. The molecule has 1 aliphatic rings. The van der Waals surface area contributed by atoms with Crippen LogP contribution in [0.15, 0.2) is 18.9 Å². The number of anilines is 1. The van der Waals surface area contributed by atoms with Crippen LogP contribution in [-0.4, -0.2) is 59.0 Å². The standard InChI is InChI=1S/C15H21N9/c16-14-13-15(18-10-17-14)23(11-19-13)8-12-9-24(21-20-12)7-6-22-4-2-1-3-5-22/h9-11H,1-8H2,(H2,16,17,18). The lowest BCUT2D eigenvalue weighted by molar-refractivity contribution is 0.217. The first-order valence-electron chi connectivity index (χ1n) is 8.32. The number of nitrogens with two attached hydrogens (primary N) is 1. The second-order valence-corrected chi connectivity index (χ2v) is 6.18. The summed E-state index contributed by atoms with van der Waals surface area (Å²) in [4.78, 5) is 15.0. The molecule has 0 aliphatic carbocycles. The van der Waals surface area contributed by atoms with Crippen LogP contribution in [0.25, 0.3) is 11.2 Å². The van der Waals surface area contributed by atoms with Crippen LogP contribution in [0.3, 0.4) is 0 Å². The molecule has 0 spiro atoms. The van der Waals surface area contributed by atoms with Crippen molar-refractivity contribution in [2.45, 2.75) is 32.4 Å². The van der Waals surface area contributed by atoms with Crippen molar-refractivity contribution in [1.29, 1.82) is 0 Å². The van der Waals surface area contributed by atoms with E-state index in [1.807, 2.05) is 15.4 Å². The number of nitrogen functional groups attached to an aromatic ring is 1. The number of likely N-dealkylation sites (tertiary alicyclic amines) is 1. The van der Waals surface area contributed by atoms with E-state index in [0.29, 0.717) is 23.5 Å². The van der Waals surface area contributed by atoms with E-state index >= 15 is 0 Å². The smallest absolute Gasteiger partial charge is 0.165 e. The van der Waals surface area contributed by atoms with Crippen molar-refractivity contribution in [3.8, 4) is 0 Å². The van der Waals surface area contributed by atoms with E-state index in [0.717, 1.165) is 18.8 Å². The lowest BCUT2D eigenvalue weighted by Gasteiger charge is -2.25. The zero-order valence-corrected chi connectivity index (χ0v) is 13.5. The molecule has 0 saturated carbocycles. The normalized spacial score (nSPS) is 16.0. The molecule has 0 bridgehead atoms. The van der Waals surface area contributed by atoms with Crippen molar-refractivity contribution in [2.75, 3.05) is 25.4 Å². The van der Waals surface area contributed by atoms with Gasteiger partial charge in [0.05, 0.1) is 25.6 Å². The van der Waals surface area contributed by atoms with E-state index in [9.17, 15) is 0 Å². The molecule has 24 heavy (non-hydrogen) atoms. The highest BCUT2D eigenvalue weighted by atomic mass is 15.4. The molecule has 1 fully saturated rings. The van der Waals surface area contributed by atoms with E-state index in [4.69, 9.17) is 5.73 Å². The number of hydrogen-bond acceptors (Lipinski definition) is 7. The van der Waals surface area contributed by atoms with Gasteiger partial charge in [0.1, 0.15) is 17.5 Å². The first-order chi connectivity index (χ1) is 11.8. The monoisotopic (exact) mass is 327 g/mol. The minimum absolute atomic E-state index is 0.393. The Labute approximate surface area is 139 Å². The first-order valence-corrected chi connectivity index (χ1v) is 8.32. The molecule has 2 N–H and O–H groups in total. The fourth-order valence-corrected chi connectivity index (χ4v) is 3.14. The highest BCUT2D eigenvalue weighted by molar-refractivity contribution is 5.81. The van der Waals surface area contributed by atoms with Gasteiger partial charge in [0.15, 0.2) is 11.5 Å². The molecule has 4 rings (SSSR count). The third kappa shape index (κ3) is 3.07. The molecule has 0 radical (unpaired) electrons. The summed E-state index contributed by atoms with van der Waals surface area (Å²) in [5.41, 5.74) is 8.03. The molecule has 0 unspecified atom stereocenters. The van der Waals surface area contributed by atoms with Crippen LogP contribution in [0.4, 0.5) is 5.82 Å². The Bertz CT molecular complexity index is 815. The van der Waals surface area contributed by atoms with Gasteiger partial charge in [-0.2, -0.15) is 0 Å². The van der Waals surface area contributed by atoms with Crippen molar-refractivity contribution in [3.63, 3.8) is 0 Å². The highest BCUT2D eigenvalue weighted by Crippen LogP contribution is 2.15. The molecule has 3 aromatic rings. The Morgan fingerprint density at radius 3 is 2.79 bits per heavy atom. The Morgan fingerprint density at radius 1 is 1.04 bits per heavy atom. The van der Waals surface area contributed by atoms with Gasteiger partial charge in [-0.1, -0.05) is 11.6 Å². The van der Waals surface area contributed by atoms with Crippen LogP contribution in [0.1, 0.15) is 25.0 Å². The summed E-state index contributed by atoms with van der Waals surface area (Å²) in [6.45, 7) is 4.86. The van der Waals surface area contributed by atoms with Gasteiger partial charge in [-0.15, -0.1) is 5.10 Å². The first kappa shape index (κ1) is 15.0. The average Bonchev–Trinajstić information content (AvgIpc) is 3.23. The van der Waals surface area contributed by atoms with Crippen LogP contribution in [0.2, 0.25) is 0 Å². The summed E-state index contributed by atoms with van der Waals surface area (Å²) < 4.78 is 3.82. The molecule has 0 amide bonds. The van der Waals surface area contributed by atoms with Gasteiger partial charge in [-0.3, -0.25) is 4.68 Å². The molecule has 9 nitrogen and oxygen atoms in total. The molecule has 0 aromatic carbocycles. The largest absolute Gasteiger partial charge is 0.382 e.